The normalized spacial score (nSPS) is 30.4. The molecule has 3 aliphatic rings. The molecule has 1 amide bonds. The van der Waals surface area contributed by atoms with Gasteiger partial charge >= 0.3 is 0 Å². The number of hydrogen-bond acceptors (Lipinski definition) is 2. The summed E-state index contributed by atoms with van der Waals surface area (Å²) in [7, 11) is 0. The van der Waals surface area contributed by atoms with Crippen LogP contribution in [0.5, 0.6) is 0 Å². The Morgan fingerprint density at radius 3 is 2.62 bits per heavy atom. The summed E-state index contributed by atoms with van der Waals surface area (Å²) < 4.78 is 0. The molecule has 3 nitrogen and oxygen atoms in total. The lowest BCUT2D eigenvalue weighted by Gasteiger charge is -2.18. The fourth-order valence-corrected chi connectivity index (χ4v) is 3.96. The number of nitrogens with one attached hydrogen (secondary N) is 1. The predicted molar refractivity (Wildman–Crippen MR) is 96.2 cm³/mol. The quantitative estimate of drug-likeness (QED) is 0.909. The van der Waals surface area contributed by atoms with Gasteiger partial charge in [0.1, 0.15) is 0 Å². The highest BCUT2D eigenvalue weighted by atomic mass is 16.1. The van der Waals surface area contributed by atoms with Crippen LogP contribution in [0.4, 0.5) is 0 Å². The number of carbonyl (C=O) groups is 1. The van der Waals surface area contributed by atoms with Crippen molar-refractivity contribution in [2.24, 2.45) is 11.8 Å². The van der Waals surface area contributed by atoms with Crippen molar-refractivity contribution < 1.29 is 4.79 Å². The molecule has 1 N–H and O–H groups in total. The van der Waals surface area contributed by atoms with Gasteiger partial charge in [-0.1, -0.05) is 60.7 Å². The molecule has 122 valence electrons. The fraction of sp³-hybridized carbons (Fsp3) is 0.286. The van der Waals surface area contributed by atoms with Gasteiger partial charge in [0, 0.05) is 37.7 Å². The maximum atomic E-state index is 12.4. The van der Waals surface area contributed by atoms with Crippen molar-refractivity contribution in [1.29, 1.82) is 0 Å². The van der Waals surface area contributed by atoms with E-state index in [1.165, 1.54) is 11.1 Å². The standard InChI is InChI=1S/C21H22N2O/c24-21-19-11-7-2-1-6-10-18(19)20-15-23(14-17(20)12-22-21)13-16-8-4-3-5-9-16/h1-11,17,20H,12-15H2,(H,22,24)/b2-1-,6-1?,7-2?,10-6-,11-7-,18-10?,19-11?. The lowest BCUT2D eigenvalue weighted by atomic mass is 9.86. The van der Waals surface area contributed by atoms with Crippen molar-refractivity contribution in [2.75, 3.05) is 19.6 Å². The van der Waals surface area contributed by atoms with Crippen LogP contribution in [0.25, 0.3) is 0 Å². The Bertz CT molecular complexity index is 742. The number of carbonyl (C=O) groups excluding carboxylic acids is 1. The van der Waals surface area contributed by atoms with Crippen LogP contribution in [0, 0.1) is 11.8 Å². The van der Waals surface area contributed by atoms with Gasteiger partial charge < -0.3 is 5.32 Å². The molecule has 1 fully saturated rings. The molecule has 1 aromatic carbocycles. The number of amides is 1. The molecule has 2 aliphatic heterocycles. The third-order valence-electron chi connectivity index (χ3n) is 5.12. The van der Waals surface area contributed by atoms with Gasteiger partial charge in [0.2, 0.25) is 0 Å². The van der Waals surface area contributed by atoms with E-state index in [1.54, 1.807) is 0 Å². The van der Waals surface area contributed by atoms with Crippen molar-refractivity contribution in [3.63, 3.8) is 0 Å². The van der Waals surface area contributed by atoms with Gasteiger partial charge in [0.05, 0.1) is 0 Å². The van der Waals surface area contributed by atoms with Gasteiger partial charge in [-0.25, -0.2) is 0 Å². The number of rotatable bonds is 2. The second-order valence-electron chi connectivity index (χ2n) is 6.73. The Labute approximate surface area is 143 Å². The number of fused-ring (bicyclic) bond motifs is 2. The average Bonchev–Trinajstić information content (AvgIpc) is 2.91. The van der Waals surface area contributed by atoms with Crippen LogP contribution in [0.2, 0.25) is 0 Å². The number of likely N-dealkylation sites (tertiary alicyclic amines) is 1. The molecule has 2 atom stereocenters. The molecular formula is C21H22N2O. The van der Waals surface area contributed by atoms with E-state index in [2.05, 4.69) is 46.6 Å². The summed E-state index contributed by atoms with van der Waals surface area (Å²) in [6.07, 6.45) is 12.1. The zero-order chi connectivity index (χ0) is 16.4. The summed E-state index contributed by atoms with van der Waals surface area (Å²) in [5.74, 6) is 0.951. The molecule has 2 unspecified atom stereocenters. The van der Waals surface area contributed by atoms with E-state index < -0.39 is 0 Å². The predicted octanol–water partition coefficient (Wildman–Crippen LogP) is 2.84. The molecule has 1 aromatic rings. The summed E-state index contributed by atoms with van der Waals surface area (Å²) in [6, 6.07) is 10.6. The highest BCUT2D eigenvalue weighted by molar-refractivity contribution is 5.98. The molecule has 3 heteroatoms. The van der Waals surface area contributed by atoms with Crippen LogP contribution in [-0.2, 0) is 11.3 Å². The smallest absolute Gasteiger partial charge is 0.251 e. The Morgan fingerprint density at radius 1 is 1.00 bits per heavy atom. The van der Waals surface area contributed by atoms with Crippen LogP contribution in [0.15, 0.2) is 77.9 Å². The molecule has 0 aromatic heterocycles. The van der Waals surface area contributed by atoms with Gasteiger partial charge in [-0.3, -0.25) is 9.69 Å². The summed E-state index contributed by atoms with van der Waals surface area (Å²) >= 11 is 0. The van der Waals surface area contributed by atoms with Gasteiger partial charge in [-0.2, -0.15) is 0 Å². The number of benzene rings is 1. The summed E-state index contributed by atoms with van der Waals surface area (Å²) in [6.45, 7) is 3.78. The molecule has 2 heterocycles. The zero-order valence-electron chi connectivity index (χ0n) is 13.7. The molecular weight excluding hydrogens is 296 g/mol. The minimum atomic E-state index is 0.0604. The molecule has 0 spiro atoms. The number of hydrogen-bond donors (Lipinski definition) is 1. The first-order valence-electron chi connectivity index (χ1n) is 8.61. The first-order valence-corrected chi connectivity index (χ1v) is 8.61. The first-order chi connectivity index (χ1) is 11.8. The van der Waals surface area contributed by atoms with E-state index in [1.807, 2.05) is 30.4 Å². The van der Waals surface area contributed by atoms with Gasteiger partial charge in [0.25, 0.3) is 5.91 Å². The van der Waals surface area contributed by atoms with Crippen molar-refractivity contribution >= 4 is 5.91 Å². The third-order valence-corrected chi connectivity index (χ3v) is 5.12. The van der Waals surface area contributed by atoms with E-state index in [0.29, 0.717) is 11.8 Å². The Hall–Kier alpha value is -2.39. The molecule has 24 heavy (non-hydrogen) atoms. The maximum absolute atomic E-state index is 12.4. The second-order valence-corrected chi connectivity index (χ2v) is 6.73. The largest absolute Gasteiger partial charge is 0.352 e. The lowest BCUT2D eigenvalue weighted by Crippen LogP contribution is -2.30. The van der Waals surface area contributed by atoms with Crippen molar-refractivity contribution in [1.82, 2.24) is 10.2 Å². The first kappa shape index (κ1) is 15.2. The molecule has 1 saturated heterocycles. The minimum Gasteiger partial charge on any atom is -0.352 e. The Kier molecular flexibility index (Phi) is 4.18. The van der Waals surface area contributed by atoms with Crippen LogP contribution in [0.1, 0.15) is 5.56 Å². The van der Waals surface area contributed by atoms with Crippen LogP contribution >= 0.6 is 0 Å². The number of nitrogens with zero attached hydrogens (tertiary/aromatic N) is 1. The van der Waals surface area contributed by atoms with Crippen molar-refractivity contribution in [2.45, 2.75) is 6.54 Å². The van der Waals surface area contributed by atoms with E-state index in [4.69, 9.17) is 0 Å². The molecule has 1 aliphatic carbocycles. The van der Waals surface area contributed by atoms with Gasteiger partial charge in [-0.05, 0) is 23.1 Å². The summed E-state index contributed by atoms with van der Waals surface area (Å²) in [5, 5.41) is 3.12. The van der Waals surface area contributed by atoms with Crippen molar-refractivity contribution in [3.8, 4) is 0 Å². The SMILES string of the molecule is O=C1NCC2CN(Cc3ccccc3)CC2C2=C1\C=C/C=C\C=C/2. The van der Waals surface area contributed by atoms with Crippen LogP contribution < -0.4 is 5.32 Å². The van der Waals surface area contributed by atoms with Crippen LogP contribution in [-0.4, -0.2) is 30.4 Å². The Morgan fingerprint density at radius 2 is 1.79 bits per heavy atom. The van der Waals surface area contributed by atoms with E-state index in [9.17, 15) is 4.79 Å². The number of allylic oxidation sites excluding steroid dienone is 5. The Balaban J connectivity index is 1.60. The molecule has 0 bridgehead atoms. The highest BCUT2D eigenvalue weighted by Gasteiger charge is 2.38. The monoisotopic (exact) mass is 318 g/mol. The van der Waals surface area contributed by atoms with Gasteiger partial charge in [-0.15, -0.1) is 0 Å². The molecule has 4 rings (SSSR count). The topological polar surface area (TPSA) is 32.3 Å². The second kappa shape index (κ2) is 6.62. The molecule has 0 radical (unpaired) electrons. The zero-order valence-corrected chi connectivity index (χ0v) is 13.7. The maximum Gasteiger partial charge on any atom is 0.251 e. The van der Waals surface area contributed by atoms with Crippen molar-refractivity contribution in [3.05, 3.63) is 83.5 Å². The lowest BCUT2D eigenvalue weighted by molar-refractivity contribution is -0.117. The fourth-order valence-electron chi connectivity index (χ4n) is 3.96. The van der Waals surface area contributed by atoms with E-state index in [-0.39, 0.29) is 5.91 Å². The molecule has 0 saturated carbocycles. The summed E-state index contributed by atoms with van der Waals surface area (Å²) in [5.41, 5.74) is 3.36. The highest BCUT2D eigenvalue weighted by Crippen LogP contribution is 2.35. The minimum absolute atomic E-state index is 0.0604. The average molecular weight is 318 g/mol. The van der Waals surface area contributed by atoms with Gasteiger partial charge in [0.15, 0.2) is 0 Å². The summed E-state index contributed by atoms with van der Waals surface area (Å²) in [4.78, 5) is 14.9. The third kappa shape index (κ3) is 3.00. The van der Waals surface area contributed by atoms with Crippen LogP contribution in [0.3, 0.4) is 0 Å². The van der Waals surface area contributed by atoms with E-state index >= 15 is 0 Å². The van der Waals surface area contributed by atoms with E-state index in [0.717, 1.165) is 31.8 Å².